The number of nitrogens with zero attached hydrogens (tertiary/aromatic N) is 4. The van der Waals surface area contributed by atoms with Gasteiger partial charge in [-0.2, -0.15) is 0 Å². The lowest BCUT2D eigenvalue weighted by atomic mass is 9.78. The number of halogens is 3. The summed E-state index contributed by atoms with van der Waals surface area (Å²) in [6, 6.07) is 7.79. The number of piperazine rings is 1. The van der Waals surface area contributed by atoms with Gasteiger partial charge in [-0.25, -0.2) is 9.97 Å². The smallest absolute Gasteiger partial charge is 0.234 e. The normalized spacial score (nSPS) is 24.5. The van der Waals surface area contributed by atoms with Crippen molar-refractivity contribution >= 4 is 48.1 Å². The highest BCUT2D eigenvalue weighted by atomic mass is 35.5. The number of amides is 1. The lowest BCUT2D eigenvalue weighted by Crippen LogP contribution is -2.55. The number of aryl methyl sites for hydroxylation is 1. The minimum absolute atomic E-state index is 0. The third kappa shape index (κ3) is 4.30. The third-order valence-corrected chi connectivity index (χ3v) is 7.33. The summed E-state index contributed by atoms with van der Waals surface area (Å²) in [5.41, 5.74) is 3.09. The fourth-order valence-electron chi connectivity index (χ4n) is 5.31. The fourth-order valence-corrected chi connectivity index (χ4v) is 5.44. The maximum Gasteiger partial charge on any atom is 0.234 e. The largest absolute Gasteiger partial charge is 0.353 e. The van der Waals surface area contributed by atoms with Gasteiger partial charge in [-0.05, 0) is 49.4 Å². The molecule has 5 rings (SSSR count). The summed E-state index contributed by atoms with van der Waals surface area (Å²) in [6.45, 7) is 6.88. The van der Waals surface area contributed by atoms with E-state index in [-0.39, 0.29) is 30.7 Å². The van der Waals surface area contributed by atoms with Crippen molar-refractivity contribution < 1.29 is 4.79 Å². The lowest BCUT2D eigenvalue weighted by Gasteiger charge is -2.40. The summed E-state index contributed by atoms with van der Waals surface area (Å²) in [5, 5.41) is 4.11. The molecular formula is C23H30Cl3N5O. The van der Waals surface area contributed by atoms with Crippen molar-refractivity contribution in [3.8, 4) is 0 Å². The molecule has 6 nitrogen and oxygen atoms in total. The monoisotopic (exact) mass is 497 g/mol. The molecule has 1 amide bonds. The molecule has 1 aromatic carbocycles. The van der Waals surface area contributed by atoms with Crippen molar-refractivity contribution in [2.45, 2.75) is 37.5 Å². The van der Waals surface area contributed by atoms with Crippen LogP contribution in [0.5, 0.6) is 0 Å². The van der Waals surface area contributed by atoms with Gasteiger partial charge in [0.1, 0.15) is 12.1 Å². The van der Waals surface area contributed by atoms with Gasteiger partial charge in [-0.3, -0.25) is 4.79 Å². The van der Waals surface area contributed by atoms with Crippen molar-refractivity contribution in [1.29, 1.82) is 0 Å². The zero-order valence-corrected chi connectivity index (χ0v) is 20.6. The van der Waals surface area contributed by atoms with Crippen LogP contribution in [0.3, 0.4) is 0 Å². The Balaban J connectivity index is 0.00000144. The Bertz CT molecular complexity index is 941. The Hall–Kier alpha value is -1.60. The van der Waals surface area contributed by atoms with E-state index in [4.69, 9.17) is 11.6 Å². The molecule has 2 aliphatic heterocycles. The SMILES string of the molecule is C[C@@H]1CCc2ncnc(N3CCN(C(=O)[C@]4(c5ccc(Cl)cc5)CCNC4)CC3)c21.Cl.Cl. The predicted octanol–water partition coefficient (Wildman–Crippen LogP) is 3.60. The quantitative estimate of drug-likeness (QED) is 0.701. The molecule has 2 atom stereocenters. The Labute approximate surface area is 206 Å². The standard InChI is InChI=1S/C23H28ClN5O.2ClH/c1-16-2-7-19-20(16)21(27-15-26-19)28-10-12-29(13-11-28)22(30)23(8-9-25-14-23)17-3-5-18(24)6-4-17;;/h3-6,15-16,25H,2,7-14H2,1H3;2*1H/t16-,23-;;/m1../s1. The van der Waals surface area contributed by atoms with Gasteiger partial charge in [0.15, 0.2) is 0 Å². The number of carbonyl (C=O) groups excluding carboxylic acids is 1. The molecule has 2 saturated heterocycles. The molecule has 9 heteroatoms. The molecular weight excluding hydrogens is 469 g/mol. The summed E-state index contributed by atoms with van der Waals surface area (Å²) in [4.78, 5) is 27.2. The van der Waals surface area contributed by atoms with E-state index < -0.39 is 5.41 Å². The first-order valence-electron chi connectivity index (χ1n) is 10.9. The predicted molar refractivity (Wildman–Crippen MR) is 133 cm³/mol. The third-order valence-electron chi connectivity index (χ3n) is 7.08. The van der Waals surface area contributed by atoms with Crippen molar-refractivity contribution in [2.24, 2.45) is 0 Å². The number of benzene rings is 1. The number of fused-ring (bicyclic) bond motifs is 1. The first kappa shape index (κ1) is 25.0. The Morgan fingerprint density at radius 3 is 2.50 bits per heavy atom. The molecule has 2 aromatic rings. The minimum atomic E-state index is -0.489. The van der Waals surface area contributed by atoms with E-state index in [1.807, 2.05) is 29.2 Å². The fraction of sp³-hybridized carbons (Fsp3) is 0.522. The van der Waals surface area contributed by atoms with E-state index in [1.54, 1.807) is 6.33 Å². The van der Waals surface area contributed by atoms with Gasteiger partial charge in [0, 0.05) is 49.0 Å². The number of anilines is 1. The second-order valence-electron chi connectivity index (χ2n) is 8.79. The molecule has 1 aliphatic carbocycles. The van der Waals surface area contributed by atoms with Gasteiger partial charge < -0.3 is 15.1 Å². The van der Waals surface area contributed by atoms with Crippen LogP contribution in [-0.4, -0.2) is 60.0 Å². The second kappa shape index (κ2) is 10.1. The van der Waals surface area contributed by atoms with Crippen LogP contribution in [0.15, 0.2) is 30.6 Å². The van der Waals surface area contributed by atoms with E-state index in [0.29, 0.717) is 17.5 Å². The van der Waals surface area contributed by atoms with E-state index in [2.05, 4.69) is 27.1 Å². The zero-order chi connectivity index (χ0) is 20.7. The maximum absolute atomic E-state index is 13.7. The van der Waals surface area contributed by atoms with Gasteiger partial charge in [0.2, 0.25) is 5.91 Å². The molecule has 0 bridgehead atoms. The zero-order valence-electron chi connectivity index (χ0n) is 18.2. The molecule has 32 heavy (non-hydrogen) atoms. The summed E-state index contributed by atoms with van der Waals surface area (Å²) < 4.78 is 0. The van der Waals surface area contributed by atoms with Crippen LogP contribution in [0.1, 0.15) is 42.5 Å². The highest BCUT2D eigenvalue weighted by molar-refractivity contribution is 6.30. The van der Waals surface area contributed by atoms with Crippen LogP contribution in [0.4, 0.5) is 5.82 Å². The Morgan fingerprint density at radius 2 is 1.84 bits per heavy atom. The molecule has 0 spiro atoms. The van der Waals surface area contributed by atoms with E-state index >= 15 is 0 Å². The van der Waals surface area contributed by atoms with Crippen molar-refractivity contribution in [1.82, 2.24) is 20.2 Å². The van der Waals surface area contributed by atoms with Crippen LogP contribution in [0, 0.1) is 0 Å². The van der Waals surface area contributed by atoms with Crippen LogP contribution in [0.25, 0.3) is 0 Å². The second-order valence-corrected chi connectivity index (χ2v) is 9.23. The number of hydrogen-bond donors (Lipinski definition) is 1. The van der Waals surface area contributed by atoms with Gasteiger partial charge in [-0.15, -0.1) is 24.8 Å². The van der Waals surface area contributed by atoms with Gasteiger partial charge >= 0.3 is 0 Å². The Morgan fingerprint density at radius 1 is 1.12 bits per heavy atom. The van der Waals surface area contributed by atoms with Crippen LogP contribution >= 0.6 is 36.4 Å². The number of nitrogens with one attached hydrogen (secondary N) is 1. The molecule has 3 aliphatic rings. The highest BCUT2D eigenvalue weighted by Gasteiger charge is 2.45. The van der Waals surface area contributed by atoms with Gasteiger partial charge in [-0.1, -0.05) is 30.7 Å². The minimum Gasteiger partial charge on any atom is -0.353 e. The molecule has 1 aromatic heterocycles. The molecule has 2 fully saturated rings. The first-order chi connectivity index (χ1) is 14.6. The lowest BCUT2D eigenvalue weighted by molar-refractivity contribution is -0.137. The number of rotatable bonds is 3. The highest BCUT2D eigenvalue weighted by Crippen LogP contribution is 2.38. The maximum atomic E-state index is 13.7. The summed E-state index contributed by atoms with van der Waals surface area (Å²) in [5.74, 6) is 1.82. The van der Waals surface area contributed by atoms with Crippen LogP contribution in [-0.2, 0) is 16.6 Å². The number of aromatic nitrogens is 2. The van der Waals surface area contributed by atoms with Crippen molar-refractivity contribution in [3.05, 3.63) is 52.4 Å². The average molecular weight is 499 g/mol. The van der Waals surface area contributed by atoms with Crippen LogP contribution in [0.2, 0.25) is 5.02 Å². The average Bonchev–Trinajstić information content (AvgIpc) is 3.42. The van der Waals surface area contributed by atoms with Gasteiger partial charge in [0.25, 0.3) is 0 Å². The molecule has 0 unspecified atom stereocenters. The number of carbonyl (C=O) groups is 1. The summed E-state index contributed by atoms with van der Waals surface area (Å²) >= 11 is 6.09. The summed E-state index contributed by atoms with van der Waals surface area (Å²) in [6.07, 6.45) is 4.71. The van der Waals surface area contributed by atoms with Crippen molar-refractivity contribution in [3.63, 3.8) is 0 Å². The molecule has 0 saturated carbocycles. The topological polar surface area (TPSA) is 61.4 Å². The van der Waals surface area contributed by atoms with E-state index in [9.17, 15) is 4.79 Å². The molecule has 1 N–H and O–H groups in total. The first-order valence-corrected chi connectivity index (χ1v) is 11.3. The van der Waals surface area contributed by atoms with E-state index in [0.717, 1.165) is 63.4 Å². The van der Waals surface area contributed by atoms with Gasteiger partial charge in [0.05, 0.1) is 5.41 Å². The summed E-state index contributed by atoms with van der Waals surface area (Å²) in [7, 11) is 0. The van der Waals surface area contributed by atoms with Crippen LogP contribution < -0.4 is 10.2 Å². The Kier molecular flexibility index (Phi) is 7.92. The van der Waals surface area contributed by atoms with Crippen molar-refractivity contribution in [2.75, 3.05) is 44.2 Å². The van der Waals surface area contributed by atoms with E-state index in [1.165, 1.54) is 11.3 Å². The molecule has 174 valence electrons. The molecule has 0 radical (unpaired) electrons. The number of hydrogen-bond acceptors (Lipinski definition) is 5. The molecule has 3 heterocycles.